The van der Waals surface area contributed by atoms with Crippen molar-refractivity contribution in [1.82, 2.24) is 10.3 Å². The Morgan fingerprint density at radius 1 is 0.794 bits per heavy atom. The molecule has 178 valence electrons. The predicted molar refractivity (Wildman–Crippen MR) is 139 cm³/mol. The van der Waals surface area contributed by atoms with Gasteiger partial charge in [-0.1, -0.05) is 36.8 Å². The Morgan fingerprint density at radius 2 is 1.59 bits per heavy atom. The summed E-state index contributed by atoms with van der Waals surface area (Å²) in [6.45, 7) is 1.95. The van der Waals surface area contributed by atoms with E-state index in [1.165, 1.54) is 29.4 Å². The van der Waals surface area contributed by atoms with Crippen LogP contribution in [-0.4, -0.2) is 37.4 Å². The lowest BCUT2D eigenvalue weighted by Crippen LogP contribution is -2.18. The van der Waals surface area contributed by atoms with Crippen LogP contribution in [0, 0.1) is 0 Å². The number of hydrogen-bond donors (Lipinski definition) is 3. The van der Waals surface area contributed by atoms with Crippen molar-refractivity contribution >= 4 is 10.9 Å². The number of aromatic nitrogens is 1. The summed E-state index contributed by atoms with van der Waals surface area (Å²) in [6, 6.07) is 22.1. The second-order valence-corrected chi connectivity index (χ2v) is 8.57. The van der Waals surface area contributed by atoms with Crippen molar-refractivity contribution in [2.45, 2.75) is 32.1 Å². The average molecular weight is 459 g/mol. The molecule has 5 heteroatoms. The Morgan fingerprint density at radius 3 is 2.38 bits per heavy atom. The van der Waals surface area contributed by atoms with Gasteiger partial charge in [-0.05, 0) is 86.3 Å². The molecule has 0 radical (unpaired) electrons. The summed E-state index contributed by atoms with van der Waals surface area (Å²) in [7, 11) is 3.33. The number of hydrogen-bond acceptors (Lipinski definition) is 4. The lowest BCUT2D eigenvalue weighted by Gasteiger charge is -2.11. The van der Waals surface area contributed by atoms with Crippen LogP contribution in [0.3, 0.4) is 0 Å². The molecule has 0 fully saturated rings. The number of rotatable bonds is 12. The molecule has 0 aliphatic carbocycles. The van der Waals surface area contributed by atoms with Crippen molar-refractivity contribution in [3.63, 3.8) is 0 Å². The lowest BCUT2D eigenvalue weighted by atomic mass is 10.0. The molecule has 0 aliphatic heterocycles. The van der Waals surface area contributed by atoms with E-state index in [9.17, 15) is 5.11 Å². The van der Waals surface area contributed by atoms with Gasteiger partial charge in [0.15, 0.2) is 11.5 Å². The van der Waals surface area contributed by atoms with Crippen LogP contribution in [-0.2, 0) is 12.8 Å². The highest BCUT2D eigenvalue weighted by molar-refractivity contribution is 5.91. The molecule has 3 N–H and O–H groups in total. The summed E-state index contributed by atoms with van der Waals surface area (Å²) in [5.41, 5.74) is 5.99. The normalized spacial score (nSPS) is 11.1. The number of phenolic OH excluding ortho intramolecular Hbond substituents is 1. The van der Waals surface area contributed by atoms with Crippen molar-refractivity contribution < 1.29 is 14.6 Å². The Hall–Kier alpha value is -3.44. The van der Waals surface area contributed by atoms with Crippen molar-refractivity contribution in [3.05, 3.63) is 77.9 Å². The van der Waals surface area contributed by atoms with Gasteiger partial charge in [0, 0.05) is 22.2 Å². The molecular formula is C29H34N2O3. The summed E-state index contributed by atoms with van der Waals surface area (Å²) in [4.78, 5) is 3.62. The quantitative estimate of drug-likeness (QED) is 0.224. The summed E-state index contributed by atoms with van der Waals surface area (Å²) in [6.07, 6.45) is 5.52. The molecule has 0 saturated heterocycles. The standard InChI is InChI=1S/C29H34N2O3/c1-33-27-16-13-22(20-28(27)34-2)29-25(24-9-5-6-10-26(24)31-29)17-19-30-18-7-3-4-8-21-11-14-23(32)15-12-21/h5-6,9-16,20,30-32H,3-4,7-8,17-19H2,1-2H3. The molecule has 1 heterocycles. The van der Waals surface area contributed by atoms with E-state index in [1.807, 2.05) is 24.3 Å². The van der Waals surface area contributed by atoms with E-state index < -0.39 is 0 Å². The number of phenols is 1. The molecule has 3 aromatic carbocycles. The predicted octanol–water partition coefficient (Wildman–Crippen LogP) is 6.10. The Bertz CT molecular complexity index is 1200. The monoisotopic (exact) mass is 458 g/mol. The van der Waals surface area contributed by atoms with Crippen LogP contribution in [0.15, 0.2) is 66.7 Å². The second-order valence-electron chi connectivity index (χ2n) is 8.57. The highest BCUT2D eigenvalue weighted by Crippen LogP contribution is 2.36. The third-order valence-electron chi connectivity index (χ3n) is 6.29. The minimum Gasteiger partial charge on any atom is -0.508 e. The number of para-hydroxylation sites is 1. The van der Waals surface area contributed by atoms with Gasteiger partial charge < -0.3 is 24.9 Å². The van der Waals surface area contributed by atoms with Crippen LogP contribution in [0.2, 0.25) is 0 Å². The maximum absolute atomic E-state index is 9.38. The average Bonchev–Trinajstić information content (AvgIpc) is 3.24. The smallest absolute Gasteiger partial charge is 0.161 e. The van der Waals surface area contributed by atoms with Gasteiger partial charge in [-0.25, -0.2) is 0 Å². The van der Waals surface area contributed by atoms with Crippen molar-refractivity contribution in [3.8, 4) is 28.5 Å². The van der Waals surface area contributed by atoms with Gasteiger partial charge in [-0.3, -0.25) is 0 Å². The van der Waals surface area contributed by atoms with Crippen LogP contribution in [0.4, 0.5) is 0 Å². The van der Waals surface area contributed by atoms with E-state index >= 15 is 0 Å². The van der Waals surface area contributed by atoms with Crippen molar-refractivity contribution in [1.29, 1.82) is 0 Å². The SMILES string of the molecule is COc1ccc(-c2[nH]c3ccccc3c2CCNCCCCCc2ccc(O)cc2)cc1OC. The molecule has 0 aliphatic rings. The highest BCUT2D eigenvalue weighted by Gasteiger charge is 2.15. The van der Waals surface area contributed by atoms with Crippen LogP contribution in [0.1, 0.15) is 30.4 Å². The van der Waals surface area contributed by atoms with E-state index in [4.69, 9.17) is 9.47 Å². The molecule has 4 rings (SSSR count). The number of aromatic amines is 1. The largest absolute Gasteiger partial charge is 0.508 e. The van der Waals surface area contributed by atoms with Gasteiger partial charge in [0.2, 0.25) is 0 Å². The number of benzene rings is 3. The van der Waals surface area contributed by atoms with E-state index in [2.05, 4.69) is 40.6 Å². The summed E-state index contributed by atoms with van der Waals surface area (Å²) >= 11 is 0. The molecule has 0 bridgehead atoms. The topological polar surface area (TPSA) is 66.5 Å². The van der Waals surface area contributed by atoms with Crippen LogP contribution < -0.4 is 14.8 Å². The summed E-state index contributed by atoms with van der Waals surface area (Å²) in [5, 5.41) is 14.3. The number of fused-ring (bicyclic) bond motifs is 1. The fraction of sp³-hybridized carbons (Fsp3) is 0.310. The first kappa shape index (κ1) is 23.7. The van der Waals surface area contributed by atoms with E-state index in [-0.39, 0.29) is 0 Å². The molecule has 0 spiro atoms. The van der Waals surface area contributed by atoms with Gasteiger partial charge in [0.25, 0.3) is 0 Å². The second kappa shape index (κ2) is 11.6. The summed E-state index contributed by atoms with van der Waals surface area (Å²) < 4.78 is 10.9. The maximum Gasteiger partial charge on any atom is 0.161 e. The Kier molecular flexibility index (Phi) is 8.10. The van der Waals surface area contributed by atoms with Crippen molar-refractivity contribution in [2.75, 3.05) is 27.3 Å². The molecule has 0 unspecified atom stereocenters. The molecule has 0 atom stereocenters. The number of nitrogens with one attached hydrogen (secondary N) is 2. The third kappa shape index (κ3) is 5.72. The molecular weight excluding hydrogens is 424 g/mol. The number of aromatic hydroxyl groups is 1. The maximum atomic E-state index is 9.38. The van der Waals surface area contributed by atoms with Gasteiger partial charge in [-0.2, -0.15) is 0 Å². The molecule has 0 saturated carbocycles. The van der Waals surface area contributed by atoms with Crippen molar-refractivity contribution in [2.24, 2.45) is 0 Å². The molecule has 1 aromatic heterocycles. The minimum atomic E-state index is 0.331. The Balaban J connectivity index is 1.33. The van der Waals surface area contributed by atoms with Crippen LogP contribution in [0.25, 0.3) is 22.2 Å². The number of aryl methyl sites for hydroxylation is 1. The van der Waals surface area contributed by atoms with Crippen LogP contribution >= 0.6 is 0 Å². The van der Waals surface area contributed by atoms with Crippen LogP contribution in [0.5, 0.6) is 17.2 Å². The number of methoxy groups -OCH3 is 2. The fourth-order valence-corrected chi connectivity index (χ4v) is 4.45. The van der Waals surface area contributed by atoms with E-state index in [0.717, 1.165) is 60.6 Å². The van der Waals surface area contributed by atoms with E-state index in [1.54, 1.807) is 26.4 Å². The van der Waals surface area contributed by atoms with Gasteiger partial charge in [0.05, 0.1) is 14.2 Å². The minimum absolute atomic E-state index is 0.331. The molecule has 34 heavy (non-hydrogen) atoms. The first-order valence-electron chi connectivity index (χ1n) is 12.0. The highest BCUT2D eigenvalue weighted by atomic mass is 16.5. The van der Waals surface area contributed by atoms with Gasteiger partial charge in [-0.15, -0.1) is 0 Å². The van der Waals surface area contributed by atoms with Gasteiger partial charge >= 0.3 is 0 Å². The number of ether oxygens (including phenoxy) is 2. The Labute approximate surface area is 201 Å². The molecule has 0 amide bonds. The first-order valence-corrected chi connectivity index (χ1v) is 12.0. The third-order valence-corrected chi connectivity index (χ3v) is 6.29. The number of unbranched alkanes of at least 4 members (excludes halogenated alkanes) is 2. The fourth-order valence-electron chi connectivity index (χ4n) is 4.45. The zero-order valence-corrected chi connectivity index (χ0v) is 20.1. The zero-order valence-electron chi connectivity index (χ0n) is 20.1. The lowest BCUT2D eigenvalue weighted by molar-refractivity contribution is 0.355. The summed E-state index contributed by atoms with van der Waals surface area (Å²) in [5.74, 6) is 1.79. The number of H-pyrrole nitrogens is 1. The van der Waals surface area contributed by atoms with Gasteiger partial charge in [0.1, 0.15) is 5.75 Å². The van der Waals surface area contributed by atoms with E-state index in [0.29, 0.717) is 5.75 Å². The molecule has 4 aromatic rings. The zero-order chi connectivity index (χ0) is 23.8. The molecule has 5 nitrogen and oxygen atoms in total. The first-order chi connectivity index (χ1) is 16.7.